The van der Waals surface area contributed by atoms with E-state index in [4.69, 9.17) is 49.3 Å². The van der Waals surface area contributed by atoms with E-state index in [1.807, 2.05) is 19.1 Å². The third kappa shape index (κ3) is 7.15. The molecule has 4 aromatic rings. The molecule has 2 aromatic carbocycles. The first-order valence-electron chi connectivity index (χ1n) is 14.5. The second-order valence-electron chi connectivity index (χ2n) is 10.6. The average Bonchev–Trinajstić information content (AvgIpc) is 3.60. The lowest BCUT2D eigenvalue weighted by Gasteiger charge is -2.46. The second-order valence-corrected chi connectivity index (χ2v) is 11.8. The maximum absolute atomic E-state index is 14.4. The van der Waals surface area contributed by atoms with Gasteiger partial charge in [-0.1, -0.05) is 47.8 Å². The van der Waals surface area contributed by atoms with Crippen molar-refractivity contribution in [3.63, 3.8) is 0 Å². The van der Waals surface area contributed by atoms with Crippen molar-refractivity contribution in [3.8, 4) is 17.4 Å². The molecule has 3 N–H and O–H groups in total. The Morgan fingerprint density at radius 2 is 1.85 bits per heavy atom. The Labute approximate surface area is 281 Å². The molecule has 242 valence electrons. The number of nitrogens with one attached hydrogen (secondary N) is 3. The van der Waals surface area contributed by atoms with Gasteiger partial charge in [-0.15, -0.1) is 0 Å². The maximum atomic E-state index is 14.4. The normalized spacial score (nSPS) is 16.9. The fraction of sp³-hybridized carbons (Fsp3) is 0.323. The number of amides is 2. The molecule has 0 saturated carbocycles. The van der Waals surface area contributed by atoms with Crippen LogP contribution in [-0.4, -0.2) is 70.7 Å². The number of halogens is 3. The number of anilines is 2. The molecule has 12 nitrogen and oxygen atoms in total. The van der Waals surface area contributed by atoms with Gasteiger partial charge in [0.15, 0.2) is 11.5 Å². The van der Waals surface area contributed by atoms with E-state index in [-0.39, 0.29) is 41.0 Å². The van der Waals surface area contributed by atoms with Crippen LogP contribution in [-0.2, 0) is 9.59 Å². The molecule has 15 heteroatoms. The van der Waals surface area contributed by atoms with Crippen molar-refractivity contribution in [3.05, 3.63) is 81.9 Å². The van der Waals surface area contributed by atoms with Crippen molar-refractivity contribution in [2.45, 2.75) is 31.3 Å². The Hall–Kier alpha value is -4.10. The van der Waals surface area contributed by atoms with E-state index in [1.165, 1.54) is 0 Å². The van der Waals surface area contributed by atoms with Crippen LogP contribution in [0.3, 0.4) is 0 Å². The Bertz CT molecular complexity index is 1710. The zero-order chi connectivity index (χ0) is 32.8. The predicted molar refractivity (Wildman–Crippen MR) is 178 cm³/mol. The molecule has 2 aromatic heterocycles. The first kappa shape index (κ1) is 33.3. The summed E-state index contributed by atoms with van der Waals surface area (Å²) >= 11 is 18.9. The van der Waals surface area contributed by atoms with E-state index >= 15 is 0 Å². The van der Waals surface area contributed by atoms with Crippen LogP contribution in [0.1, 0.15) is 31.4 Å². The SMILES string of the molecule is CCC(NC(=O)CC1(C(=O)Nc2ccc(Cl)c(Cl)c2)CNCCN1c1cc(Cl)nc(-n2ccnc2)n1)c1ccc(OC)c(OC)c1. The predicted octanol–water partition coefficient (Wildman–Crippen LogP) is 5.08. The first-order chi connectivity index (χ1) is 22.2. The van der Waals surface area contributed by atoms with Gasteiger partial charge in [0, 0.05) is 43.8 Å². The molecule has 1 aliphatic rings. The van der Waals surface area contributed by atoms with E-state index in [1.54, 1.807) is 72.7 Å². The summed E-state index contributed by atoms with van der Waals surface area (Å²) in [6, 6.07) is 11.5. The summed E-state index contributed by atoms with van der Waals surface area (Å²) in [5.41, 5.74) is -0.205. The summed E-state index contributed by atoms with van der Waals surface area (Å²) in [5.74, 6) is 0.950. The van der Waals surface area contributed by atoms with Crippen LogP contribution >= 0.6 is 34.8 Å². The minimum absolute atomic E-state index is 0.128. The zero-order valence-corrected chi connectivity index (χ0v) is 27.7. The minimum Gasteiger partial charge on any atom is -0.493 e. The average molecular weight is 688 g/mol. The van der Waals surface area contributed by atoms with Crippen molar-refractivity contribution >= 4 is 58.1 Å². The van der Waals surface area contributed by atoms with Crippen molar-refractivity contribution in [1.82, 2.24) is 30.2 Å². The van der Waals surface area contributed by atoms with Crippen LogP contribution in [0.2, 0.25) is 15.2 Å². The third-order valence-electron chi connectivity index (χ3n) is 7.73. The van der Waals surface area contributed by atoms with Gasteiger partial charge in [0.2, 0.25) is 11.9 Å². The minimum atomic E-state index is -1.45. The summed E-state index contributed by atoms with van der Waals surface area (Å²) < 4.78 is 12.5. The number of imidazole rings is 1. The lowest BCUT2D eigenvalue weighted by Crippen LogP contribution is -2.68. The molecule has 5 rings (SSSR count). The maximum Gasteiger partial charge on any atom is 0.252 e. The number of hydrogen-bond acceptors (Lipinski definition) is 9. The van der Waals surface area contributed by atoms with Gasteiger partial charge in [-0.05, 0) is 42.3 Å². The van der Waals surface area contributed by atoms with Crippen molar-refractivity contribution in [2.75, 3.05) is 44.1 Å². The van der Waals surface area contributed by atoms with Gasteiger partial charge in [0.1, 0.15) is 22.8 Å². The molecule has 1 saturated heterocycles. The third-order valence-corrected chi connectivity index (χ3v) is 8.67. The molecule has 46 heavy (non-hydrogen) atoms. The Morgan fingerprint density at radius 3 is 2.54 bits per heavy atom. The van der Waals surface area contributed by atoms with Crippen molar-refractivity contribution < 1.29 is 19.1 Å². The quantitative estimate of drug-likeness (QED) is 0.185. The fourth-order valence-corrected chi connectivity index (χ4v) is 5.89. The number of aromatic nitrogens is 4. The second kappa shape index (κ2) is 14.5. The molecular weight excluding hydrogens is 655 g/mol. The number of nitrogens with zero attached hydrogens (tertiary/aromatic N) is 5. The van der Waals surface area contributed by atoms with Gasteiger partial charge in [-0.3, -0.25) is 14.2 Å². The molecule has 2 unspecified atom stereocenters. The molecule has 3 heterocycles. The van der Waals surface area contributed by atoms with Crippen LogP contribution in [0.5, 0.6) is 11.5 Å². The van der Waals surface area contributed by atoms with Crippen LogP contribution in [0.15, 0.2) is 61.2 Å². The van der Waals surface area contributed by atoms with E-state index in [9.17, 15) is 9.59 Å². The van der Waals surface area contributed by atoms with Gasteiger partial charge in [-0.2, -0.15) is 4.98 Å². The number of piperazine rings is 1. The lowest BCUT2D eigenvalue weighted by atomic mass is 9.88. The highest BCUT2D eigenvalue weighted by Crippen LogP contribution is 2.34. The first-order valence-corrected chi connectivity index (χ1v) is 15.6. The molecule has 1 aliphatic heterocycles. The van der Waals surface area contributed by atoms with Crippen LogP contribution in [0.25, 0.3) is 5.95 Å². The number of carbonyl (C=O) groups is 2. The number of benzene rings is 2. The summed E-state index contributed by atoms with van der Waals surface area (Å²) in [4.78, 5) is 43.3. The van der Waals surface area contributed by atoms with E-state index in [0.717, 1.165) is 5.56 Å². The van der Waals surface area contributed by atoms with E-state index in [0.29, 0.717) is 47.5 Å². The fourth-order valence-electron chi connectivity index (χ4n) is 5.42. The number of ether oxygens (including phenoxy) is 2. The Morgan fingerprint density at radius 1 is 1.04 bits per heavy atom. The highest BCUT2D eigenvalue weighted by Gasteiger charge is 2.48. The standard InChI is InChI=1S/C31H33Cl3N8O4/c1-4-23(19-5-8-24(45-2)25(13-19)46-3)38-28(43)16-31(29(44)37-20-6-7-21(32)22(33)14-20)17-35-10-12-42(31)27-15-26(34)39-30(40-27)41-11-9-36-18-41/h5-9,11,13-15,18,23,35H,4,10,12,16-17H2,1-3H3,(H,37,44)(H,38,43). The number of rotatable bonds is 11. The number of carbonyl (C=O) groups excluding carboxylic acids is 2. The zero-order valence-electron chi connectivity index (χ0n) is 25.4. The van der Waals surface area contributed by atoms with Gasteiger partial charge in [0.05, 0.1) is 36.7 Å². The number of methoxy groups -OCH3 is 2. The van der Waals surface area contributed by atoms with E-state index < -0.39 is 11.4 Å². The lowest BCUT2D eigenvalue weighted by molar-refractivity contribution is -0.129. The van der Waals surface area contributed by atoms with Gasteiger partial charge in [0.25, 0.3) is 5.91 Å². The largest absolute Gasteiger partial charge is 0.493 e. The molecule has 2 amide bonds. The molecule has 0 aliphatic carbocycles. The van der Waals surface area contributed by atoms with Crippen LogP contribution in [0, 0.1) is 0 Å². The van der Waals surface area contributed by atoms with Crippen molar-refractivity contribution in [1.29, 1.82) is 0 Å². The summed E-state index contributed by atoms with van der Waals surface area (Å²) in [6.45, 7) is 2.95. The van der Waals surface area contributed by atoms with Crippen LogP contribution in [0.4, 0.5) is 11.5 Å². The smallest absolute Gasteiger partial charge is 0.252 e. The molecule has 0 spiro atoms. The highest BCUT2D eigenvalue weighted by molar-refractivity contribution is 6.42. The summed E-state index contributed by atoms with van der Waals surface area (Å²) in [7, 11) is 3.12. The highest BCUT2D eigenvalue weighted by atomic mass is 35.5. The van der Waals surface area contributed by atoms with Gasteiger partial charge in [-0.25, -0.2) is 9.97 Å². The molecule has 2 atom stereocenters. The summed E-state index contributed by atoms with van der Waals surface area (Å²) in [6.07, 6.45) is 5.19. The van der Waals surface area contributed by atoms with Crippen LogP contribution < -0.4 is 30.3 Å². The molecule has 1 fully saturated rings. The Kier molecular flexibility index (Phi) is 10.5. The molecular formula is C31H33Cl3N8O4. The van der Waals surface area contributed by atoms with E-state index in [2.05, 4.69) is 25.9 Å². The van der Waals surface area contributed by atoms with Crippen molar-refractivity contribution in [2.24, 2.45) is 0 Å². The molecule has 0 bridgehead atoms. The Balaban J connectivity index is 1.52. The monoisotopic (exact) mass is 686 g/mol. The summed E-state index contributed by atoms with van der Waals surface area (Å²) in [5, 5.41) is 10.1. The number of hydrogen-bond donors (Lipinski definition) is 3. The van der Waals surface area contributed by atoms with Gasteiger partial charge < -0.3 is 30.3 Å². The topological polar surface area (TPSA) is 136 Å². The molecule has 0 radical (unpaired) electrons. The van der Waals surface area contributed by atoms with Gasteiger partial charge >= 0.3 is 0 Å².